The SMILES string of the molecule is Clc1ccc2nc(Cc3ccccc3)c(-c3ccccc3)c(-c3ccccc3)c2c1. The molecule has 0 bridgehead atoms. The number of nitrogens with zero attached hydrogens (tertiary/aromatic N) is 1. The molecule has 0 N–H and O–H groups in total. The van der Waals surface area contributed by atoms with Crippen LogP contribution in [0.1, 0.15) is 11.3 Å². The largest absolute Gasteiger partial charge is 0.252 e. The number of pyridine rings is 1. The van der Waals surface area contributed by atoms with Crippen molar-refractivity contribution < 1.29 is 0 Å². The molecular formula is C28H20ClN. The molecule has 0 fully saturated rings. The molecule has 1 aromatic heterocycles. The Morgan fingerprint density at radius 1 is 0.600 bits per heavy atom. The Hall–Kier alpha value is -3.42. The molecule has 0 aliphatic carbocycles. The van der Waals surface area contributed by atoms with Gasteiger partial charge in [0, 0.05) is 28.0 Å². The molecule has 0 aliphatic heterocycles. The minimum absolute atomic E-state index is 0.719. The van der Waals surface area contributed by atoms with Gasteiger partial charge in [0.05, 0.1) is 11.2 Å². The molecule has 4 aromatic carbocycles. The zero-order valence-electron chi connectivity index (χ0n) is 16.4. The van der Waals surface area contributed by atoms with Crippen molar-refractivity contribution in [3.63, 3.8) is 0 Å². The van der Waals surface area contributed by atoms with Gasteiger partial charge in [0.25, 0.3) is 0 Å². The van der Waals surface area contributed by atoms with E-state index in [-0.39, 0.29) is 0 Å². The van der Waals surface area contributed by atoms with E-state index < -0.39 is 0 Å². The molecule has 30 heavy (non-hydrogen) atoms. The Balaban J connectivity index is 1.88. The molecular weight excluding hydrogens is 386 g/mol. The number of benzene rings is 4. The molecule has 0 radical (unpaired) electrons. The minimum Gasteiger partial charge on any atom is -0.252 e. The van der Waals surface area contributed by atoms with Gasteiger partial charge in [-0.15, -0.1) is 0 Å². The van der Waals surface area contributed by atoms with Crippen LogP contribution < -0.4 is 0 Å². The summed E-state index contributed by atoms with van der Waals surface area (Å²) in [5.41, 5.74) is 7.96. The van der Waals surface area contributed by atoms with Crippen molar-refractivity contribution in [3.05, 3.63) is 125 Å². The van der Waals surface area contributed by atoms with Gasteiger partial charge in [-0.2, -0.15) is 0 Å². The summed E-state index contributed by atoms with van der Waals surface area (Å²) in [7, 11) is 0. The summed E-state index contributed by atoms with van der Waals surface area (Å²) in [4.78, 5) is 5.12. The highest BCUT2D eigenvalue weighted by atomic mass is 35.5. The zero-order valence-corrected chi connectivity index (χ0v) is 17.2. The van der Waals surface area contributed by atoms with Crippen LogP contribution in [0, 0.1) is 0 Å². The van der Waals surface area contributed by atoms with Crippen LogP contribution in [0.4, 0.5) is 0 Å². The molecule has 144 valence electrons. The average molecular weight is 406 g/mol. The second-order valence-corrected chi connectivity index (χ2v) is 7.80. The number of hydrogen-bond donors (Lipinski definition) is 0. The third-order valence-electron chi connectivity index (χ3n) is 5.36. The van der Waals surface area contributed by atoms with Crippen LogP contribution in [-0.2, 0) is 6.42 Å². The van der Waals surface area contributed by atoms with Gasteiger partial charge in [-0.05, 0) is 34.9 Å². The standard InChI is InChI=1S/C28H20ClN/c29-23-16-17-25-24(19-23)27(21-12-6-2-7-13-21)28(22-14-8-3-9-15-22)26(30-25)18-20-10-4-1-5-11-20/h1-17,19H,18H2. The Morgan fingerprint density at radius 2 is 1.17 bits per heavy atom. The molecule has 0 spiro atoms. The van der Waals surface area contributed by atoms with Crippen LogP contribution >= 0.6 is 11.6 Å². The summed E-state index contributed by atoms with van der Waals surface area (Å²) in [6.45, 7) is 0. The van der Waals surface area contributed by atoms with E-state index in [1.165, 1.54) is 22.3 Å². The predicted octanol–water partition coefficient (Wildman–Crippen LogP) is 7.81. The lowest BCUT2D eigenvalue weighted by atomic mass is 9.88. The van der Waals surface area contributed by atoms with E-state index in [0.717, 1.165) is 33.6 Å². The molecule has 5 rings (SSSR count). The summed E-state index contributed by atoms with van der Waals surface area (Å²) >= 11 is 6.42. The van der Waals surface area contributed by atoms with Crippen LogP contribution in [0.3, 0.4) is 0 Å². The maximum atomic E-state index is 6.42. The lowest BCUT2D eigenvalue weighted by Gasteiger charge is -2.18. The van der Waals surface area contributed by atoms with E-state index in [9.17, 15) is 0 Å². The van der Waals surface area contributed by atoms with E-state index >= 15 is 0 Å². The van der Waals surface area contributed by atoms with Crippen molar-refractivity contribution in [2.24, 2.45) is 0 Å². The van der Waals surface area contributed by atoms with Gasteiger partial charge in [-0.25, -0.2) is 0 Å². The van der Waals surface area contributed by atoms with Crippen LogP contribution in [0.15, 0.2) is 109 Å². The average Bonchev–Trinajstić information content (AvgIpc) is 2.80. The van der Waals surface area contributed by atoms with E-state index in [1.807, 2.05) is 36.4 Å². The molecule has 0 saturated heterocycles. The summed E-state index contributed by atoms with van der Waals surface area (Å²) in [6, 6.07) is 37.6. The lowest BCUT2D eigenvalue weighted by Crippen LogP contribution is -2.01. The predicted molar refractivity (Wildman–Crippen MR) is 127 cm³/mol. The number of rotatable bonds is 4. The van der Waals surface area contributed by atoms with E-state index in [4.69, 9.17) is 16.6 Å². The van der Waals surface area contributed by atoms with Crippen molar-refractivity contribution in [1.29, 1.82) is 0 Å². The van der Waals surface area contributed by atoms with Crippen LogP contribution in [0.25, 0.3) is 33.2 Å². The molecule has 0 atom stereocenters. The summed E-state index contributed by atoms with van der Waals surface area (Å²) in [6.07, 6.45) is 0.767. The topological polar surface area (TPSA) is 12.9 Å². The molecule has 0 amide bonds. The van der Waals surface area contributed by atoms with Crippen molar-refractivity contribution in [1.82, 2.24) is 4.98 Å². The van der Waals surface area contributed by atoms with Gasteiger partial charge in [0.1, 0.15) is 0 Å². The number of hydrogen-bond acceptors (Lipinski definition) is 1. The molecule has 5 aromatic rings. The fraction of sp³-hybridized carbons (Fsp3) is 0.0357. The summed E-state index contributed by atoms with van der Waals surface area (Å²) in [5.74, 6) is 0. The highest BCUT2D eigenvalue weighted by Gasteiger charge is 2.18. The summed E-state index contributed by atoms with van der Waals surface area (Å²) < 4.78 is 0. The molecule has 0 saturated carbocycles. The van der Waals surface area contributed by atoms with Crippen LogP contribution in [0.2, 0.25) is 5.02 Å². The first kappa shape index (κ1) is 18.6. The monoisotopic (exact) mass is 405 g/mol. The number of halogens is 1. The Kier molecular flexibility index (Phi) is 5.04. The number of aromatic nitrogens is 1. The van der Waals surface area contributed by atoms with E-state index in [2.05, 4.69) is 72.8 Å². The first-order valence-corrected chi connectivity index (χ1v) is 10.4. The van der Waals surface area contributed by atoms with E-state index in [1.54, 1.807) is 0 Å². The van der Waals surface area contributed by atoms with E-state index in [0.29, 0.717) is 0 Å². The molecule has 0 aliphatic rings. The highest BCUT2D eigenvalue weighted by molar-refractivity contribution is 6.31. The molecule has 0 unspecified atom stereocenters. The minimum atomic E-state index is 0.719. The van der Waals surface area contributed by atoms with Crippen molar-refractivity contribution in [3.8, 4) is 22.3 Å². The van der Waals surface area contributed by atoms with Gasteiger partial charge in [0.2, 0.25) is 0 Å². The fourth-order valence-corrected chi connectivity index (χ4v) is 4.20. The third-order valence-corrected chi connectivity index (χ3v) is 5.60. The fourth-order valence-electron chi connectivity index (χ4n) is 4.02. The first-order chi connectivity index (χ1) is 14.8. The third kappa shape index (κ3) is 3.60. The Morgan fingerprint density at radius 3 is 1.80 bits per heavy atom. The van der Waals surface area contributed by atoms with Gasteiger partial charge >= 0.3 is 0 Å². The highest BCUT2D eigenvalue weighted by Crippen LogP contribution is 2.40. The number of fused-ring (bicyclic) bond motifs is 1. The van der Waals surface area contributed by atoms with Crippen molar-refractivity contribution in [2.45, 2.75) is 6.42 Å². The molecule has 1 heterocycles. The quantitative estimate of drug-likeness (QED) is 0.297. The first-order valence-electron chi connectivity index (χ1n) is 10.1. The lowest BCUT2D eigenvalue weighted by molar-refractivity contribution is 1.10. The van der Waals surface area contributed by atoms with Crippen molar-refractivity contribution >= 4 is 22.5 Å². The maximum absolute atomic E-state index is 6.42. The van der Waals surface area contributed by atoms with Gasteiger partial charge in [-0.3, -0.25) is 4.98 Å². The smallest absolute Gasteiger partial charge is 0.0713 e. The normalized spacial score (nSPS) is 11.0. The second kappa shape index (κ2) is 8.14. The van der Waals surface area contributed by atoms with Crippen LogP contribution in [0.5, 0.6) is 0 Å². The van der Waals surface area contributed by atoms with Crippen LogP contribution in [-0.4, -0.2) is 4.98 Å². The van der Waals surface area contributed by atoms with Gasteiger partial charge in [0.15, 0.2) is 0 Å². The second-order valence-electron chi connectivity index (χ2n) is 7.36. The molecule has 1 nitrogen and oxygen atoms in total. The molecule has 2 heteroatoms. The Bertz CT molecular complexity index is 1300. The maximum Gasteiger partial charge on any atom is 0.0713 e. The zero-order chi connectivity index (χ0) is 20.3. The van der Waals surface area contributed by atoms with Gasteiger partial charge < -0.3 is 0 Å². The summed E-state index contributed by atoms with van der Waals surface area (Å²) in [5, 5.41) is 1.79. The Labute approximate surface area is 181 Å². The van der Waals surface area contributed by atoms with Crippen molar-refractivity contribution in [2.75, 3.05) is 0 Å². The van der Waals surface area contributed by atoms with Gasteiger partial charge in [-0.1, -0.05) is 103 Å².